The Hall–Kier alpha value is -1.50. The van der Waals surface area contributed by atoms with Gasteiger partial charge in [-0.2, -0.15) is 0 Å². The molecule has 0 bridgehead atoms. The lowest BCUT2D eigenvalue weighted by atomic mass is 10.1. The number of nitrogen functional groups attached to an aromatic ring is 1. The summed E-state index contributed by atoms with van der Waals surface area (Å²) in [6.07, 6.45) is 2.07. The summed E-state index contributed by atoms with van der Waals surface area (Å²) in [4.78, 5) is 4.80. The zero-order chi connectivity index (χ0) is 16.7. The van der Waals surface area contributed by atoms with Crippen LogP contribution in [0.3, 0.4) is 0 Å². The molecule has 1 saturated heterocycles. The van der Waals surface area contributed by atoms with Crippen molar-refractivity contribution in [3.8, 4) is 11.5 Å². The summed E-state index contributed by atoms with van der Waals surface area (Å²) in [5.41, 5.74) is 7.83. The van der Waals surface area contributed by atoms with Gasteiger partial charge in [0.15, 0.2) is 11.5 Å². The number of hydrogen-bond acceptors (Lipinski definition) is 6. The Balaban J connectivity index is 1.79. The Bertz CT molecular complexity index is 488. The molecule has 0 saturated carbocycles. The molecule has 23 heavy (non-hydrogen) atoms. The van der Waals surface area contributed by atoms with E-state index in [1.807, 2.05) is 12.1 Å². The molecule has 2 rings (SSSR count). The molecule has 6 heteroatoms. The summed E-state index contributed by atoms with van der Waals surface area (Å²) in [6, 6.07) is 3.98. The van der Waals surface area contributed by atoms with Gasteiger partial charge in [0.05, 0.1) is 26.5 Å². The SMILES string of the molecule is COc1cc(CCCN2CCN(CCO)CC2)cc(N)c1OC. The summed E-state index contributed by atoms with van der Waals surface area (Å²) in [6.45, 7) is 6.37. The van der Waals surface area contributed by atoms with Crippen LogP contribution in [-0.4, -0.2) is 75.0 Å². The number of methoxy groups -OCH3 is 2. The summed E-state index contributed by atoms with van der Waals surface area (Å²) in [7, 11) is 3.23. The van der Waals surface area contributed by atoms with Crippen molar-refractivity contribution < 1.29 is 14.6 Å². The molecule has 6 nitrogen and oxygen atoms in total. The smallest absolute Gasteiger partial charge is 0.183 e. The number of aliphatic hydroxyl groups is 1. The molecule has 130 valence electrons. The van der Waals surface area contributed by atoms with E-state index in [0.29, 0.717) is 17.2 Å². The average Bonchev–Trinajstić information content (AvgIpc) is 2.56. The van der Waals surface area contributed by atoms with Crippen LogP contribution in [0.5, 0.6) is 11.5 Å². The maximum absolute atomic E-state index is 8.97. The number of β-amino-alcohol motifs (C(OH)–C–C–N with tert-alkyl or cyclic N) is 1. The van der Waals surface area contributed by atoms with Crippen molar-refractivity contribution in [2.24, 2.45) is 0 Å². The van der Waals surface area contributed by atoms with Gasteiger partial charge in [-0.1, -0.05) is 0 Å². The molecule has 1 heterocycles. The molecular weight excluding hydrogens is 294 g/mol. The van der Waals surface area contributed by atoms with Crippen molar-refractivity contribution in [1.82, 2.24) is 9.80 Å². The molecule has 0 atom stereocenters. The zero-order valence-corrected chi connectivity index (χ0v) is 14.3. The Labute approximate surface area is 138 Å². The maximum Gasteiger partial charge on any atom is 0.183 e. The third-order valence-electron chi connectivity index (χ3n) is 4.39. The number of aryl methyl sites for hydroxylation is 1. The summed E-state index contributed by atoms with van der Waals surface area (Å²) in [5.74, 6) is 1.30. The van der Waals surface area contributed by atoms with Gasteiger partial charge in [-0.05, 0) is 37.1 Å². The standard InChI is InChI=1S/C17H29N3O3/c1-22-16-13-14(12-15(18)17(16)23-2)4-3-5-19-6-8-20(9-7-19)10-11-21/h12-13,21H,3-11,18H2,1-2H3. The van der Waals surface area contributed by atoms with E-state index in [-0.39, 0.29) is 6.61 Å². The van der Waals surface area contributed by atoms with Crippen LogP contribution in [-0.2, 0) is 6.42 Å². The lowest BCUT2D eigenvalue weighted by Crippen LogP contribution is -2.47. The number of benzene rings is 1. The van der Waals surface area contributed by atoms with Gasteiger partial charge >= 0.3 is 0 Å². The fraction of sp³-hybridized carbons (Fsp3) is 0.647. The highest BCUT2D eigenvalue weighted by atomic mass is 16.5. The molecule has 1 fully saturated rings. The number of hydrogen-bond donors (Lipinski definition) is 2. The molecular formula is C17H29N3O3. The molecule has 0 radical (unpaired) electrons. The first-order chi connectivity index (χ1) is 11.2. The first-order valence-electron chi connectivity index (χ1n) is 8.24. The van der Waals surface area contributed by atoms with E-state index >= 15 is 0 Å². The number of nitrogens with zero attached hydrogens (tertiary/aromatic N) is 2. The fourth-order valence-electron chi connectivity index (χ4n) is 3.08. The number of rotatable bonds is 8. The third-order valence-corrected chi connectivity index (χ3v) is 4.39. The van der Waals surface area contributed by atoms with Crippen LogP contribution in [0.4, 0.5) is 5.69 Å². The number of piperazine rings is 1. The highest BCUT2D eigenvalue weighted by Gasteiger charge is 2.16. The van der Waals surface area contributed by atoms with Gasteiger partial charge in [0.2, 0.25) is 0 Å². The molecule has 0 amide bonds. The molecule has 1 aliphatic rings. The number of aliphatic hydroxyl groups excluding tert-OH is 1. The van der Waals surface area contributed by atoms with Crippen molar-refractivity contribution in [1.29, 1.82) is 0 Å². The van der Waals surface area contributed by atoms with E-state index in [0.717, 1.165) is 52.1 Å². The topological polar surface area (TPSA) is 71.2 Å². The first-order valence-corrected chi connectivity index (χ1v) is 8.24. The number of nitrogens with two attached hydrogens (primary N) is 1. The molecule has 1 aromatic carbocycles. The summed E-state index contributed by atoms with van der Waals surface area (Å²) in [5, 5.41) is 8.97. The van der Waals surface area contributed by atoms with Gasteiger partial charge in [0.25, 0.3) is 0 Å². The molecule has 1 aliphatic heterocycles. The fourth-order valence-corrected chi connectivity index (χ4v) is 3.08. The third kappa shape index (κ3) is 4.99. The molecule has 0 spiro atoms. The number of anilines is 1. The monoisotopic (exact) mass is 323 g/mol. The van der Waals surface area contributed by atoms with Crippen LogP contribution in [0.1, 0.15) is 12.0 Å². The van der Waals surface area contributed by atoms with E-state index in [2.05, 4.69) is 9.80 Å². The molecule has 0 aliphatic carbocycles. The highest BCUT2D eigenvalue weighted by molar-refractivity contribution is 5.62. The Morgan fingerprint density at radius 3 is 2.26 bits per heavy atom. The van der Waals surface area contributed by atoms with Crippen LogP contribution >= 0.6 is 0 Å². The summed E-state index contributed by atoms with van der Waals surface area (Å²) < 4.78 is 10.6. The van der Waals surface area contributed by atoms with Gasteiger partial charge in [0, 0.05) is 32.7 Å². The van der Waals surface area contributed by atoms with Gasteiger partial charge in [0.1, 0.15) is 0 Å². The first kappa shape index (κ1) is 17.8. The van der Waals surface area contributed by atoms with Gasteiger partial charge in [-0.3, -0.25) is 4.90 Å². The molecule has 1 aromatic rings. The van der Waals surface area contributed by atoms with Crippen LogP contribution in [0.2, 0.25) is 0 Å². The van der Waals surface area contributed by atoms with Gasteiger partial charge in [-0.25, -0.2) is 0 Å². The minimum Gasteiger partial charge on any atom is -0.493 e. The lowest BCUT2D eigenvalue weighted by Gasteiger charge is -2.34. The average molecular weight is 323 g/mol. The summed E-state index contributed by atoms with van der Waals surface area (Å²) >= 11 is 0. The molecule has 3 N–H and O–H groups in total. The van der Waals surface area contributed by atoms with Crippen molar-refractivity contribution in [2.75, 3.05) is 65.8 Å². The van der Waals surface area contributed by atoms with Crippen molar-refractivity contribution in [3.05, 3.63) is 17.7 Å². The quantitative estimate of drug-likeness (QED) is 0.691. The molecule has 0 aromatic heterocycles. The van der Waals surface area contributed by atoms with Crippen LogP contribution in [0.15, 0.2) is 12.1 Å². The number of ether oxygens (including phenoxy) is 2. The largest absolute Gasteiger partial charge is 0.493 e. The van der Waals surface area contributed by atoms with Gasteiger partial charge in [-0.15, -0.1) is 0 Å². The Morgan fingerprint density at radius 1 is 1.04 bits per heavy atom. The predicted octanol–water partition coefficient (Wildman–Crippen LogP) is 0.829. The van der Waals surface area contributed by atoms with E-state index in [4.69, 9.17) is 20.3 Å². The van der Waals surface area contributed by atoms with E-state index in [1.54, 1.807) is 14.2 Å². The lowest BCUT2D eigenvalue weighted by molar-refractivity contribution is 0.112. The maximum atomic E-state index is 8.97. The minimum absolute atomic E-state index is 0.251. The Morgan fingerprint density at radius 2 is 1.70 bits per heavy atom. The second-order valence-electron chi connectivity index (χ2n) is 5.93. The second-order valence-corrected chi connectivity index (χ2v) is 5.93. The zero-order valence-electron chi connectivity index (χ0n) is 14.3. The van der Waals surface area contributed by atoms with Crippen LogP contribution < -0.4 is 15.2 Å². The minimum atomic E-state index is 0.251. The highest BCUT2D eigenvalue weighted by Crippen LogP contribution is 2.34. The second kappa shape index (κ2) is 8.96. The van der Waals surface area contributed by atoms with Crippen molar-refractivity contribution in [2.45, 2.75) is 12.8 Å². The van der Waals surface area contributed by atoms with Crippen molar-refractivity contribution in [3.63, 3.8) is 0 Å². The van der Waals surface area contributed by atoms with Crippen LogP contribution in [0, 0.1) is 0 Å². The van der Waals surface area contributed by atoms with Crippen molar-refractivity contribution >= 4 is 5.69 Å². The normalized spacial score (nSPS) is 16.5. The predicted molar refractivity (Wildman–Crippen MR) is 92.2 cm³/mol. The van der Waals surface area contributed by atoms with E-state index in [1.165, 1.54) is 5.56 Å². The van der Waals surface area contributed by atoms with Gasteiger partial charge < -0.3 is 25.2 Å². The Kier molecular flexibility index (Phi) is 6.95. The molecule has 0 unspecified atom stereocenters. The van der Waals surface area contributed by atoms with Crippen LogP contribution in [0.25, 0.3) is 0 Å². The van der Waals surface area contributed by atoms with E-state index < -0.39 is 0 Å². The van der Waals surface area contributed by atoms with E-state index in [9.17, 15) is 0 Å².